The Kier molecular flexibility index (Phi) is 5.83. The van der Waals surface area contributed by atoms with E-state index in [4.69, 9.17) is 9.47 Å². The lowest BCUT2D eigenvalue weighted by atomic mass is 9.84. The number of likely N-dealkylation sites (tertiary alicyclic amines) is 1. The van der Waals surface area contributed by atoms with Gasteiger partial charge >= 0.3 is 6.09 Å². The average molecular weight is 449 g/mol. The summed E-state index contributed by atoms with van der Waals surface area (Å²) in [4.78, 5) is 19.5. The SMILES string of the molecule is CC(C)(C)OC(=O)N1CCC[C@H]1c1cc(-c2cnc3[nH]ncc3c2)ccc1C1CCOCC1. The van der Waals surface area contributed by atoms with Gasteiger partial charge in [0.1, 0.15) is 5.60 Å². The van der Waals surface area contributed by atoms with Gasteiger partial charge in [-0.25, -0.2) is 9.78 Å². The number of amides is 1. The summed E-state index contributed by atoms with van der Waals surface area (Å²) in [5.74, 6) is 0.443. The van der Waals surface area contributed by atoms with Crippen molar-refractivity contribution in [2.75, 3.05) is 19.8 Å². The van der Waals surface area contributed by atoms with Crippen molar-refractivity contribution in [3.05, 3.63) is 47.8 Å². The number of carbonyl (C=O) groups excluding carboxylic acids is 1. The van der Waals surface area contributed by atoms with Crippen LogP contribution in [0.25, 0.3) is 22.2 Å². The van der Waals surface area contributed by atoms with E-state index in [-0.39, 0.29) is 12.1 Å². The predicted molar refractivity (Wildman–Crippen MR) is 127 cm³/mol. The monoisotopic (exact) mass is 448 g/mol. The molecule has 0 aliphatic carbocycles. The van der Waals surface area contributed by atoms with Crippen LogP contribution in [-0.2, 0) is 9.47 Å². The molecule has 0 radical (unpaired) electrons. The molecule has 0 unspecified atom stereocenters. The van der Waals surface area contributed by atoms with Crippen molar-refractivity contribution in [3.63, 3.8) is 0 Å². The van der Waals surface area contributed by atoms with E-state index in [9.17, 15) is 4.79 Å². The van der Waals surface area contributed by atoms with Crippen LogP contribution in [0.5, 0.6) is 0 Å². The normalized spacial score (nSPS) is 19.8. The Morgan fingerprint density at radius 1 is 1.09 bits per heavy atom. The Balaban J connectivity index is 1.55. The minimum atomic E-state index is -0.513. The standard InChI is InChI=1S/C26H32N4O3/c1-26(2,3)33-25(31)30-10-4-5-23(30)22-14-18(6-7-21(22)17-8-11-32-12-9-17)19-13-20-16-28-29-24(20)27-15-19/h6-7,13-17,23H,4-5,8-12H2,1-3H3,(H,27,28,29)/t23-/m0/s1. The van der Waals surface area contributed by atoms with E-state index in [1.165, 1.54) is 11.1 Å². The smallest absolute Gasteiger partial charge is 0.410 e. The fraction of sp³-hybridized carbons (Fsp3) is 0.500. The highest BCUT2D eigenvalue weighted by Crippen LogP contribution is 2.41. The summed E-state index contributed by atoms with van der Waals surface area (Å²) in [6.07, 6.45) is 7.39. The van der Waals surface area contributed by atoms with Gasteiger partial charge in [-0.05, 0) is 81.2 Å². The third kappa shape index (κ3) is 4.60. The first-order valence-corrected chi connectivity index (χ1v) is 11.9. The first-order valence-electron chi connectivity index (χ1n) is 11.9. The Morgan fingerprint density at radius 2 is 1.91 bits per heavy atom. The zero-order valence-electron chi connectivity index (χ0n) is 19.6. The van der Waals surface area contributed by atoms with E-state index in [2.05, 4.69) is 39.4 Å². The van der Waals surface area contributed by atoms with Gasteiger partial charge in [-0.3, -0.25) is 5.10 Å². The first-order chi connectivity index (χ1) is 15.9. The maximum atomic E-state index is 13.1. The van der Waals surface area contributed by atoms with Crippen molar-refractivity contribution < 1.29 is 14.3 Å². The van der Waals surface area contributed by atoms with Crippen molar-refractivity contribution in [1.29, 1.82) is 0 Å². The summed E-state index contributed by atoms with van der Waals surface area (Å²) >= 11 is 0. The van der Waals surface area contributed by atoms with Crippen molar-refractivity contribution in [2.24, 2.45) is 0 Å². The topological polar surface area (TPSA) is 80.3 Å². The number of H-pyrrole nitrogens is 1. The number of rotatable bonds is 3. The van der Waals surface area contributed by atoms with Crippen LogP contribution in [0.2, 0.25) is 0 Å². The summed E-state index contributed by atoms with van der Waals surface area (Å²) in [5, 5.41) is 7.99. The molecule has 2 aliphatic rings. The van der Waals surface area contributed by atoms with Crippen molar-refractivity contribution in [3.8, 4) is 11.1 Å². The van der Waals surface area contributed by atoms with Gasteiger partial charge in [0, 0.05) is 36.9 Å². The molecule has 0 spiro atoms. The Hall–Kier alpha value is -2.93. The summed E-state index contributed by atoms with van der Waals surface area (Å²) < 4.78 is 11.4. The molecule has 1 amide bonds. The average Bonchev–Trinajstić information content (AvgIpc) is 3.47. The van der Waals surface area contributed by atoms with Crippen molar-refractivity contribution in [2.45, 2.75) is 64.0 Å². The molecule has 4 heterocycles. The van der Waals surface area contributed by atoms with Crippen LogP contribution in [0.3, 0.4) is 0 Å². The number of aromatic amines is 1. The molecule has 0 bridgehead atoms. The second kappa shape index (κ2) is 8.78. The molecule has 2 aromatic heterocycles. The molecule has 3 aromatic rings. The fourth-order valence-electron chi connectivity index (χ4n) is 5.05. The first kappa shape index (κ1) is 21.9. The van der Waals surface area contributed by atoms with Crippen molar-refractivity contribution >= 4 is 17.1 Å². The van der Waals surface area contributed by atoms with Gasteiger partial charge in [0.15, 0.2) is 5.65 Å². The Labute approximate surface area is 194 Å². The van der Waals surface area contributed by atoms with Crippen LogP contribution in [-0.4, -0.2) is 51.5 Å². The number of pyridine rings is 1. The molecule has 174 valence electrons. The quantitative estimate of drug-likeness (QED) is 0.565. The highest BCUT2D eigenvalue weighted by atomic mass is 16.6. The lowest BCUT2D eigenvalue weighted by Crippen LogP contribution is -2.36. The summed E-state index contributed by atoms with van der Waals surface area (Å²) in [5.41, 5.74) is 4.99. The van der Waals surface area contributed by atoms with Crippen LogP contribution in [0, 0.1) is 0 Å². The molecule has 2 aliphatic heterocycles. The van der Waals surface area contributed by atoms with Gasteiger partial charge in [0.25, 0.3) is 0 Å². The Morgan fingerprint density at radius 3 is 2.70 bits per heavy atom. The lowest BCUT2D eigenvalue weighted by Gasteiger charge is -2.32. The number of nitrogens with zero attached hydrogens (tertiary/aromatic N) is 3. The molecule has 2 saturated heterocycles. The molecule has 1 atom stereocenters. The number of hydrogen-bond donors (Lipinski definition) is 1. The third-order valence-electron chi connectivity index (χ3n) is 6.61. The van der Waals surface area contributed by atoms with Gasteiger partial charge in [0.2, 0.25) is 0 Å². The minimum absolute atomic E-state index is 0.0169. The van der Waals surface area contributed by atoms with Crippen LogP contribution in [0.4, 0.5) is 4.79 Å². The highest BCUT2D eigenvalue weighted by molar-refractivity contribution is 5.80. The van der Waals surface area contributed by atoms with Crippen LogP contribution >= 0.6 is 0 Å². The van der Waals surface area contributed by atoms with Crippen LogP contribution in [0.1, 0.15) is 69.5 Å². The maximum Gasteiger partial charge on any atom is 0.410 e. The van der Waals surface area contributed by atoms with Gasteiger partial charge in [-0.15, -0.1) is 0 Å². The molecular weight excluding hydrogens is 416 g/mol. The molecule has 1 N–H and O–H groups in total. The van der Waals surface area contributed by atoms with Gasteiger partial charge < -0.3 is 14.4 Å². The summed E-state index contributed by atoms with van der Waals surface area (Å²) in [6.45, 7) is 8.05. The molecule has 0 saturated carbocycles. The largest absolute Gasteiger partial charge is 0.444 e. The van der Waals surface area contributed by atoms with Crippen LogP contribution < -0.4 is 0 Å². The molecule has 33 heavy (non-hydrogen) atoms. The molecule has 5 rings (SSSR count). The lowest BCUT2D eigenvalue weighted by molar-refractivity contribution is 0.0222. The zero-order chi connectivity index (χ0) is 23.0. The minimum Gasteiger partial charge on any atom is -0.444 e. The number of ether oxygens (including phenoxy) is 2. The molecular formula is C26H32N4O3. The highest BCUT2D eigenvalue weighted by Gasteiger charge is 2.35. The second-order valence-corrected chi connectivity index (χ2v) is 10.1. The maximum absolute atomic E-state index is 13.1. The molecule has 7 nitrogen and oxygen atoms in total. The van der Waals surface area contributed by atoms with E-state index in [1.54, 1.807) is 6.20 Å². The van der Waals surface area contributed by atoms with E-state index in [1.807, 2.05) is 31.9 Å². The van der Waals surface area contributed by atoms with Crippen LogP contribution in [0.15, 0.2) is 36.7 Å². The summed E-state index contributed by atoms with van der Waals surface area (Å²) in [6, 6.07) is 8.83. The van der Waals surface area contributed by atoms with E-state index < -0.39 is 5.60 Å². The van der Waals surface area contributed by atoms with Crippen molar-refractivity contribution in [1.82, 2.24) is 20.1 Å². The number of nitrogens with one attached hydrogen (secondary N) is 1. The predicted octanol–water partition coefficient (Wildman–Crippen LogP) is 5.59. The fourth-order valence-corrected chi connectivity index (χ4v) is 5.05. The number of carbonyl (C=O) groups is 1. The zero-order valence-corrected chi connectivity index (χ0v) is 19.6. The number of benzene rings is 1. The second-order valence-electron chi connectivity index (χ2n) is 10.1. The number of fused-ring (bicyclic) bond motifs is 1. The number of aromatic nitrogens is 3. The molecule has 1 aromatic carbocycles. The van der Waals surface area contributed by atoms with Gasteiger partial charge in [-0.1, -0.05) is 12.1 Å². The van der Waals surface area contributed by atoms with Gasteiger partial charge in [0.05, 0.1) is 12.2 Å². The van der Waals surface area contributed by atoms with E-state index >= 15 is 0 Å². The van der Waals surface area contributed by atoms with E-state index in [0.717, 1.165) is 67.6 Å². The molecule has 7 heteroatoms. The number of hydrogen-bond acceptors (Lipinski definition) is 5. The van der Waals surface area contributed by atoms with E-state index in [0.29, 0.717) is 5.92 Å². The third-order valence-corrected chi connectivity index (χ3v) is 6.61. The molecule has 2 fully saturated rings. The Bertz CT molecular complexity index is 1140. The van der Waals surface area contributed by atoms with Gasteiger partial charge in [-0.2, -0.15) is 5.10 Å². The summed E-state index contributed by atoms with van der Waals surface area (Å²) in [7, 11) is 0.